The van der Waals surface area contributed by atoms with Crippen molar-refractivity contribution in [1.29, 1.82) is 0 Å². The molecule has 0 unspecified atom stereocenters. The molecule has 1 aromatic carbocycles. The van der Waals surface area contributed by atoms with Crippen molar-refractivity contribution in [3.63, 3.8) is 0 Å². The van der Waals surface area contributed by atoms with E-state index in [1.54, 1.807) is 43.4 Å². The minimum atomic E-state index is -4.46. The van der Waals surface area contributed by atoms with E-state index in [0.717, 1.165) is 6.29 Å². The number of nitrogens with one attached hydrogen (secondary N) is 2. The summed E-state index contributed by atoms with van der Waals surface area (Å²) in [6.07, 6.45) is 0.314. The van der Waals surface area contributed by atoms with E-state index in [4.69, 9.17) is 4.74 Å². The summed E-state index contributed by atoms with van der Waals surface area (Å²) < 4.78 is 58.4. The second-order valence-corrected chi connectivity index (χ2v) is 7.96. The van der Waals surface area contributed by atoms with E-state index in [-0.39, 0.29) is 13.3 Å². The van der Waals surface area contributed by atoms with Crippen molar-refractivity contribution >= 4 is 18.1 Å². The third kappa shape index (κ3) is 6.93. The van der Waals surface area contributed by atoms with Crippen molar-refractivity contribution < 1.29 is 36.7 Å². The molecule has 0 aromatic heterocycles. The van der Waals surface area contributed by atoms with Crippen LogP contribution < -0.4 is 15.4 Å². The summed E-state index contributed by atoms with van der Waals surface area (Å²) in [4.78, 5) is 35.6. The number of para-hydroxylation sites is 1. The molecule has 0 aliphatic rings. The van der Waals surface area contributed by atoms with Crippen LogP contribution in [0.2, 0.25) is 0 Å². The number of carbonyl (C=O) groups excluding carboxylic acids is 3. The number of carbonyl (C=O) groups is 3. The first-order chi connectivity index (χ1) is 14.1. The molecule has 1 aromatic rings. The fourth-order valence-corrected chi connectivity index (χ4v) is 2.35. The van der Waals surface area contributed by atoms with Gasteiger partial charge < -0.3 is 20.2 Å². The third-order valence-corrected chi connectivity index (χ3v) is 4.90. The molecule has 0 heterocycles. The van der Waals surface area contributed by atoms with Crippen LogP contribution in [0.15, 0.2) is 24.3 Å². The van der Waals surface area contributed by atoms with Gasteiger partial charge in [0.05, 0.1) is 12.6 Å². The molecule has 0 bridgehead atoms. The molecule has 0 radical (unpaired) electrons. The lowest BCUT2D eigenvalue weighted by Crippen LogP contribution is -2.55. The van der Waals surface area contributed by atoms with E-state index in [2.05, 4.69) is 5.32 Å². The van der Waals surface area contributed by atoms with Crippen LogP contribution in [0.1, 0.15) is 40.2 Å². The summed E-state index contributed by atoms with van der Waals surface area (Å²) >= 11 is 0. The predicted molar refractivity (Wildman–Crippen MR) is 106 cm³/mol. The molecule has 2 N–H and O–H groups in total. The van der Waals surface area contributed by atoms with Gasteiger partial charge in [-0.2, -0.15) is 8.78 Å². The Balaban J connectivity index is 2.75. The molecule has 0 saturated heterocycles. The van der Waals surface area contributed by atoms with Crippen molar-refractivity contribution in [3.8, 4) is 5.75 Å². The summed E-state index contributed by atoms with van der Waals surface area (Å²) in [6, 6.07) is 6.27. The molecule has 0 aliphatic carbocycles. The van der Waals surface area contributed by atoms with Crippen molar-refractivity contribution in [2.45, 2.75) is 65.0 Å². The smallest absolute Gasteiger partial charge is 0.326 e. The number of rotatable bonds is 11. The number of hydrogen-bond acceptors (Lipinski definition) is 4. The lowest BCUT2D eigenvalue weighted by Gasteiger charge is -2.29. The number of amides is 2. The predicted octanol–water partition coefficient (Wildman–Crippen LogP) is 3.13. The Labute approximate surface area is 178 Å². The number of ether oxygens (including phenoxy) is 1. The van der Waals surface area contributed by atoms with Crippen molar-refractivity contribution in [3.05, 3.63) is 29.8 Å². The zero-order chi connectivity index (χ0) is 24.0. The van der Waals surface area contributed by atoms with E-state index in [9.17, 15) is 31.9 Å². The molecule has 0 aliphatic heterocycles. The summed E-state index contributed by atoms with van der Waals surface area (Å²) in [7, 11) is 0. The number of aldehydes is 1. The van der Waals surface area contributed by atoms with Gasteiger partial charge in [0, 0.05) is 18.9 Å². The monoisotopic (exact) mass is 448 g/mol. The Bertz CT molecular complexity index is 794. The first-order valence-electron chi connectivity index (χ1n) is 9.66. The first-order valence-corrected chi connectivity index (χ1v) is 9.66. The second-order valence-electron chi connectivity index (χ2n) is 7.96. The van der Waals surface area contributed by atoms with Crippen LogP contribution in [0.3, 0.4) is 0 Å². The zero-order valence-corrected chi connectivity index (χ0v) is 18.1. The van der Waals surface area contributed by atoms with Crippen molar-refractivity contribution in [2.75, 3.05) is 6.54 Å². The van der Waals surface area contributed by atoms with Gasteiger partial charge in [0.2, 0.25) is 11.8 Å². The largest absolute Gasteiger partial charge is 0.488 e. The molecule has 31 heavy (non-hydrogen) atoms. The molecule has 1 rings (SSSR count). The molecular formula is C21H28F4N2O4. The van der Waals surface area contributed by atoms with Crippen molar-refractivity contribution in [1.82, 2.24) is 10.6 Å². The SMILES string of the molecule is C[C@@H](NC(=O)C(C)(C)C(=O)NCC(F)(F)C(C)(F)F)[C@@H](C)Oc1ccccc1CC=O. The fraction of sp³-hybridized carbons (Fsp3) is 0.571. The maximum atomic E-state index is 13.4. The molecule has 6 nitrogen and oxygen atoms in total. The number of hydrogen-bond donors (Lipinski definition) is 2. The highest BCUT2D eigenvalue weighted by Gasteiger charge is 2.52. The van der Waals surface area contributed by atoms with Gasteiger partial charge in [-0.15, -0.1) is 0 Å². The van der Waals surface area contributed by atoms with Gasteiger partial charge in [-0.3, -0.25) is 9.59 Å². The molecule has 174 valence electrons. The summed E-state index contributed by atoms with van der Waals surface area (Å²) in [6.45, 7) is 4.11. The van der Waals surface area contributed by atoms with Gasteiger partial charge in [-0.1, -0.05) is 18.2 Å². The lowest BCUT2D eigenvalue weighted by atomic mass is 9.90. The Hall–Kier alpha value is -2.65. The topological polar surface area (TPSA) is 84.5 Å². The van der Waals surface area contributed by atoms with Gasteiger partial charge in [0.25, 0.3) is 0 Å². The highest BCUT2D eigenvalue weighted by molar-refractivity contribution is 6.04. The van der Waals surface area contributed by atoms with Gasteiger partial charge in [-0.05, 0) is 33.8 Å². The first kappa shape index (κ1) is 26.4. The molecular weight excluding hydrogens is 420 g/mol. The molecule has 10 heteroatoms. The second kappa shape index (κ2) is 10.1. The average Bonchev–Trinajstić information content (AvgIpc) is 2.66. The number of benzene rings is 1. The molecule has 2 amide bonds. The van der Waals surface area contributed by atoms with E-state index in [1.807, 2.05) is 0 Å². The average molecular weight is 448 g/mol. The normalized spacial score (nSPS) is 14.4. The molecule has 2 atom stereocenters. The van der Waals surface area contributed by atoms with Crippen LogP contribution in [-0.4, -0.2) is 48.6 Å². The standard InChI is InChI=1S/C21H28F4N2O4/c1-13(14(2)31-16-9-7-6-8-15(16)10-11-28)27-18(30)19(3,4)17(29)26-12-21(24,25)20(5,22)23/h6-9,11,13-14H,10,12H2,1-5H3,(H,26,29)(H,27,30)/t13-,14-/m1/s1. The molecule has 0 saturated carbocycles. The minimum Gasteiger partial charge on any atom is -0.488 e. The van der Waals surface area contributed by atoms with Crippen LogP contribution in [0.4, 0.5) is 17.6 Å². The zero-order valence-electron chi connectivity index (χ0n) is 18.1. The Morgan fingerprint density at radius 2 is 1.65 bits per heavy atom. The lowest BCUT2D eigenvalue weighted by molar-refractivity contribution is -0.195. The van der Waals surface area contributed by atoms with E-state index in [1.165, 1.54) is 13.8 Å². The van der Waals surface area contributed by atoms with Crippen LogP contribution in [0.5, 0.6) is 5.75 Å². The maximum Gasteiger partial charge on any atom is 0.326 e. The van der Waals surface area contributed by atoms with Gasteiger partial charge >= 0.3 is 11.8 Å². The summed E-state index contributed by atoms with van der Waals surface area (Å²) in [5.41, 5.74) is -1.14. The van der Waals surface area contributed by atoms with Gasteiger partial charge in [0.1, 0.15) is 23.6 Å². The number of halogens is 4. The quantitative estimate of drug-likeness (QED) is 0.310. The minimum absolute atomic E-state index is 0.0489. The van der Waals surface area contributed by atoms with Crippen LogP contribution >= 0.6 is 0 Å². The van der Waals surface area contributed by atoms with Crippen LogP contribution in [-0.2, 0) is 20.8 Å². The molecule has 0 spiro atoms. The van der Waals surface area contributed by atoms with E-state index >= 15 is 0 Å². The Morgan fingerprint density at radius 1 is 1.06 bits per heavy atom. The summed E-state index contributed by atoms with van der Waals surface area (Å²) in [5, 5.41) is 4.29. The third-order valence-electron chi connectivity index (χ3n) is 4.90. The van der Waals surface area contributed by atoms with Gasteiger partial charge in [-0.25, -0.2) is 8.78 Å². The highest BCUT2D eigenvalue weighted by atomic mass is 19.3. The van der Waals surface area contributed by atoms with Crippen LogP contribution in [0.25, 0.3) is 0 Å². The highest BCUT2D eigenvalue weighted by Crippen LogP contribution is 2.33. The molecule has 0 fully saturated rings. The van der Waals surface area contributed by atoms with Crippen LogP contribution in [0, 0.1) is 5.41 Å². The summed E-state index contributed by atoms with van der Waals surface area (Å²) in [5.74, 6) is -10.2. The fourth-order valence-electron chi connectivity index (χ4n) is 2.35. The van der Waals surface area contributed by atoms with Crippen molar-refractivity contribution in [2.24, 2.45) is 5.41 Å². The van der Waals surface area contributed by atoms with Gasteiger partial charge in [0.15, 0.2) is 0 Å². The Kier molecular flexibility index (Phi) is 8.60. The Morgan fingerprint density at radius 3 is 2.19 bits per heavy atom. The van der Waals surface area contributed by atoms with E-state index in [0.29, 0.717) is 11.3 Å². The number of alkyl halides is 4. The van der Waals surface area contributed by atoms with E-state index < -0.39 is 47.8 Å². The maximum absolute atomic E-state index is 13.4.